The molecule has 0 saturated heterocycles. The van der Waals surface area contributed by atoms with Crippen molar-refractivity contribution in [2.75, 3.05) is 6.61 Å². The van der Waals surface area contributed by atoms with E-state index in [9.17, 15) is 13.2 Å². The molecule has 0 unspecified atom stereocenters. The standard InChI is InChI=1S/C13H12F3NO2/c14-13(15,16)11-4-2-1-3-9(11)7-12-17-8-10(19-12)5-6-18/h1-4,8,18H,5-7H2. The fourth-order valence-electron chi connectivity index (χ4n) is 1.77. The van der Waals surface area contributed by atoms with Crippen molar-refractivity contribution in [2.45, 2.75) is 19.0 Å². The molecule has 3 nitrogen and oxygen atoms in total. The molecule has 0 spiro atoms. The van der Waals surface area contributed by atoms with Crippen LogP contribution in [0.25, 0.3) is 0 Å². The lowest BCUT2D eigenvalue weighted by Crippen LogP contribution is -2.09. The molecule has 1 aromatic heterocycles. The third-order valence-corrected chi connectivity index (χ3v) is 2.62. The summed E-state index contributed by atoms with van der Waals surface area (Å²) >= 11 is 0. The molecule has 0 radical (unpaired) electrons. The first kappa shape index (κ1) is 13.6. The predicted molar refractivity (Wildman–Crippen MR) is 61.5 cm³/mol. The molecule has 1 N–H and O–H groups in total. The zero-order chi connectivity index (χ0) is 13.9. The Morgan fingerprint density at radius 2 is 1.95 bits per heavy atom. The van der Waals surface area contributed by atoms with Crippen molar-refractivity contribution in [3.63, 3.8) is 0 Å². The average molecular weight is 271 g/mol. The highest BCUT2D eigenvalue weighted by molar-refractivity contribution is 5.31. The van der Waals surface area contributed by atoms with E-state index >= 15 is 0 Å². The Morgan fingerprint density at radius 1 is 1.21 bits per heavy atom. The van der Waals surface area contributed by atoms with Crippen molar-refractivity contribution in [1.82, 2.24) is 4.98 Å². The zero-order valence-corrected chi connectivity index (χ0v) is 9.94. The van der Waals surface area contributed by atoms with Crippen LogP contribution in [0.4, 0.5) is 13.2 Å². The van der Waals surface area contributed by atoms with E-state index in [1.54, 1.807) is 6.07 Å². The van der Waals surface area contributed by atoms with Crippen LogP contribution in [-0.4, -0.2) is 16.7 Å². The van der Waals surface area contributed by atoms with Crippen LogP contribution in [0, 0.1) is 0 Å². The van der Waals surface area contributed by atoms with Crippen molar-refractivity contribution >= 4 is 0 Å². The maximum absolute atomic E-state index is 12.8. The monoisotopic (exact) mass is 271 g/mol. The van der Waals surface area contributed by atoms with Crippen LogP contribution < -0.4 is 0 Å². The zero-order valence-electron chi connectivity index (χ0n) is 9.94. The number of nitrogens with zero attached hydrogens (tertiary/aromatic N) is 1. The maximum atomic E-state index is 12.8. The highest BCUT2D eigenvalue weighted by atomic mass is 19.4. The second-order valence-corrected chi connectivity index (χ2v) is 4.03. The number of halogens is 3. The van der Waals surface area contributed by atoms with Gasteiger partial charge in [0.1, 0.15) is 5.76 Å². The van der Waals surface area contributed by atoms with Gasteiger partial charge in [-0.25, -0.2) is 4.98 Å². The summed E-state index contributed by atoms with van der Waals surface area (Å²) in [5, 5.41) is 8.73. The van der Waals surface area contributed by atoms with Gasteiger partial charge in [0.25, 0.3) is 0 Å². The van der Waals surface area contributed by atoms with Crippen molar-refractivity contribution in [1.29, 1.82) is 0 Å². The fourth-order valence-corrected chi connectivity index (χ4v) is 1.77. The normalized spacial score (nSPS) is 11.8. The molecule has 0 aliphatic carbocycles. The van der Waals surface area contributed by atoms with Gasteiger partial charge in [-0.2, -0.15) is 13.2 Å². The third kappa shape index (κ3) is 3.35. The summed E-state index contributed by atoms with van der Waals surface area (Å²) in [6.45, 7) is -0.0895. The SMILES string of the molecule is OCCc1cnc(Cc2ccccc2C(F)(F)F)o1. The molecule has 19 heavy (non-hydrogen) atoms. The minimum absolute atomic E-state index is 0.0267. The van der Waals surface area contributed by atoms with Gasteiger partial charge in [-0.3, -0.25) is 0 Å². The van der Waals surface area contributed by atoms with Crippen LogP contribution in [0.5, 0.6) is 0 Å². The first-order valence-corrected chi connectivity index (χ1v) is 5.70. The van der Waals surface area contributed by atoms with Crippen molar-refractivity contribution in [3.8, 4) is 0 Å². The third-order valence-electron chi connectivity index (χ3n) is 2.62. The number of aliphatic hydroxyl groups is 1. The molecule has 0 bridgehead atoms. The van der Waals surface area contributed by atoms with Crippen LogP contribution in [0.1, 0.15) is 22.8 Å². The second-order valence-electron chi connectivity index (χ2n) is 4.03. The highest BCUT2D eigenvalue weighted by Gasteiger charge is 2.33. The van der Waals surface area contributed by atoms with Crippen LogP contribution in [0.15, 0.2) is 34.9 Å². The lowest BCUT2D eigenvalue weighted by atomic mass is 10.0. The molecular weight excluding hydrogens is 259 g/mol. The van der Waals surface area contributed by atoms with Gasteiger partial charge in [0.15, 0.2) is 5.89 Å². The van der Waals surface area contributed by atoms with Crippen LogP contribution in [0.2, 0.25) is 0 Å². The predicted octanol–water partition coefficient (Wildman–Crippen LogP) is 2.82. The smallest absolute Gasteiger partial charge is 0.416 e. The minimum atomic E-state index is -4.39. The molecule has 2 aromatic rings. The van der Waals surface area contributed by atoms with Crippen molar-refractivity contribution in [3.05, 3.63) is 53.2 Å². The number of oxazole rings is 1. The van der Waals surface area contributed by atoms with E-state index in [1.807, 2.05) is 0 Å². The van der Waals surface area contributed by atoms with E-state index < -0.39 is 11.7 Å². The first-order chi connectivity index (χ1) is 9.00. The van der Waals surface area contributed by atoms with Gasteiger partial charge >= 0.3 is 6.18 Å². The summed E-state index contributed by atoms with van der Waals surface area (Å²) in [5.74, 6) is 0.669. The van der Waals surface area contributed by atoms with Crippen LogP contribution in [-0.2, 0) is 19.0 Å². The lowest BCUT2D eigenvalue weighted by molar-refractivity contribution is -0.138. The Labute approximate surface area is 107 Å². The van der Waals surface area contributed by atoms with Gasteiger partial charge in [0.2, 0.25) is 0 Å². The number of alkyl halides is 3. The van der Waals surface area contributed by atoms with Crippen LogP contribution in [0.3, 0.4) is 0 Å². The Morgan fingerprint density at radius 3 is 2.63 bits per heavy atom. The van der Waals surface area contributed by atoms with Crippen molar-refractivity contribution < 1.29 is 22.7 Å². The molecule has 0 fully saturated rings. The molecule has 0 atom stereocenters. The van der Waals surface area contributed by atoms with E-state index in [4.69, 9.17) is 9.52 Å². The first-order valence-electron chi connectivity index (χ1n) is 5.70. The van der Waals surface area contributed by atoms with Crippen molar-refractivity contribution in [2.24, 2.45) is 0 Å². The average Bonchev–Trinajstić information content (AvgIpc) is 2.76. The molecule has 0 amide bonds. The Hall–Kier alpha value is -1.82. The number of rotatable bonds is 4. The number of aliphatic hydroxyl groups excluding tert-OH is 1. The molecule has 0 aliphatic rings. The summed E-state index contributed by atoms with van der Waals surface area (Å²) < 4.78 is 43.6. The topological polar surface area (TPSA) is 46.3 Å². The molecule has 6 heteroatoms. The van der Waals surface area contributed by atoms with E-state index in [0.29, 0.717) is 12.2 Å². The van der Waals surface area contributed by atoms with E-state index in [-0.39, 0.29) is 24.5 Å². The van der Waals surface area contributed by atoms with Gasteiger partial charge in [-0.15, -0.1) is 0 Å². The Kier molecular flexibility index (Phi) is 3.90. The Bertz CT molecular complexity index is 549. The summed E-state index contributed by atoms with van der Waals surface area (Å²) in [5.41, 5.74) is -0.565. The van der Waals surface area contributed by atoms with E-state index in [1.165, 1.54) is 18.3 Å². The minimum Gasteiger partial charge on any atom is -0.445 e. The number of hydrogen-bond acceptors (Lipinski definition) is 3. The second kappa shape index (κ2) is 5.44. The van der Waals surface area contributed by atoms with Crippen LogP contribution >= 0.6 is 0 Å². The molecule has 1 aromatic carbocycles. The van der Waals surface area contributed by atoms with E-state index in [2.05, 4.69) is 4.98 Å². The summed E-state index contributed by atoms with van der Waals surface area (Å²) in [6.07, 6.45) is -2.70. The molecule has 102 valence electrons. The van der Waals surface area contributed by atoms with Gasteiger partial charge in [-0.05, 0) is 11.6 Å². The molecule has 0 aliphatic heterocycles. The maximum Gasteiger partial charge on any atom is 0.416 e. The lowest BCUT2D eigenvalue weighted by Gasteiger charge is -2.11. The fraction of sp³-hybridized carbons (Fsp3) is 0.308. The highest BCUT2D eigenvalue weighted by Crippen LogP contribution is 2.32. The number of benzene rings is 1. The van der Waals surface area contributed by atoms with E-state index in [0.717, 1.165) is 6.07 Å². The van der Waals surface area contributed by atoms with Gasteiger partial charge in [-0.1, -0.05) is 18.2 Å². The van der Waals surface area contributed by atoms with Gasteiger partial charge < -0.3 is 9.52 Å². The number of aromatic nitrogens is 1. The van der Waals surface area contributed by atoms with Gasteiger partial charge in [0.05, 0.1) is 18.4 Å². The number of hydrogen-bond donors (Lipinski definition) is 1. The quantitative estimate of drug-likeness (QED) is 0.930. The molecular formula is C13H12F3NO2. The summed E-state index contributed by atoms with van der Waals surface area (Å²) in [4.78, 5) is 3.91. The Balaban J connectivity index is 2.23. The largest absolute Gasteiger partial charge is 0.445 e. The molecule has 2 rings (SSSR count). The molecule has 1 heterocycles. The van der Waals surface area contributed by atoms with Gasteiger partial charge in [0, 0.05) is 12.8 Å². The molecule has 0 saturated carbocycles. The summed E-state index contributed by atoms with van der Waals surface area (Å²) in [7, 11) is 0. The summed E-state index contributed by atoms with van der Waals surface area (Å²) in [6, 6.07) is 5.33.